The maximum atomic E-state index is 13.6. The SMILES string of the molecule is Cc1ccc2c([As]c3cc(OCc4cccc(F)c4)ccc3Sc3ccc(O)cc3)ccnc2n1. The number of phenols is 1. The van der Waals surface area contributed by atoms with Crippen LogP contribution < -0.4 is 13.4 Å². The number of hydrogen-bond acceptors (Lipinski definition) is 5. The van der Waals surface area contributed by atoms with E-state index in [1.165, 1.54) is 20.8 Å². The van der Waals surface area contributed by atoms with Crippen LogP contribution in [0.1, 0.15) is 11.3 Å². The zero-order valence-electron chi connectivity index (χ0n) is 18.9. The van der Waals surface area contributed by atoms with Gasteiger partial charge in [0.15, 0.2) is 0 Å². The number of hydrogen-bond donors (Lipinski definition) is 1. The van der Waals surface area contributed by atoms with Crippen LogP contribution in [-0.2, 0) is 6.61 Å². The predicted molar refractivity (Wildman–Crippen MR) is 139 cm³/mol. The summed E-state index contributed by atoms with van der Waals surface area (Å²) in [6.07, 6.45) is 1.82. The summed E-state index contributed by atoms with van der Waals surface area (Å²) in [7, 11) is 0. The monoisotopic (exact) mass is 543 g/mol. The van der Waals surface area contributed by atoms with E-state index >= 15 is 0 Å². The molecule has 5 aromatic rings. The number of rotatable bonds is 7. The second-order valence-electron chi connectivity index (χ2n) is 7.91. The Hall–Kier alpha value is -3.34. The number of ether oxygens (including phenoxy) is 1. The molecule has 0 fully saturated rings. The summed E-state index contributed by atoms with van der Waals surface area (Å²) in [5.41, 5.74) is 2.47. The second-order valence-corrected chi connectivity index (χ2v) is 11.5. The number of phenolic OH excluding ortho intramolecular Hbond substituents is 1. The molecular weight excluding hydrogens is 522 g/mol. The Morgan fingerprint density at radius 1 is 0.943 bits per heavy atom. The van der Waals surface area contributed by atoms with Gasteiger partial charge in [0.25, 0.3) is 0 Å². The van der Waals surface area contributed by atoms with Gasteiger partial charge in [-0.15, -0.1) is 0 Å². The molecule has 0 aliphatic rings. The van der Waals surface area contributed by atoms with Crippen LogP contribution in [0.3, 0.4) is 0 Å². The Bertz CT molecular complexity index is 1490. The molecule has 0 spiro atoms. The molecule has 5 rings (SSSR count). The summed E-state index contributed by atoms with van der Waals surface area (Å²) >= 11 is 1.25. The molecule has 0 amide bonds. The fourth-order valence-electron chi connectivity index (χ4n) is 3.53. The van der Waals surface area contributed by atoms with Crippen LogP contribution in [-0.4, -0.2) is 30.8 Å². The van der Waals surface area contributed by atoms with E-state index in [1.807, 2.05) is 43.5 Å². The molecule has 0 aliphatic heterocycles. The Kier molecular flexibility index (Phi) is 7.03. The van der Waals surface area contributed by atoms with Gasteiger partial charge in [0, 0.05) is 0 Å². The first-order valence-electron chi connectivity index (χ1n) is 11.0. The number of fused-ring (bicyclic) bond motifs is 1. The molecular formula is C28H21AsFN2O2S. The summed E-state index contributed by atoms with van der Waals surface area (Å²) in [4.78, 5) is 11.2. The Labute approximate surface area is 213 Å². The first-order chi connectivity index (χ1) is 17.0. The Morgan fingerprint density at radius 3 is 2.63 bits per heavy atom. The van der Waals surface area contributed by atoms with Crippen molar-refractivity contribution in [3.8, 4) is 11.5 Å². The molecule has 2 aromatic heterocycles. The van der Waals surface area contributed by atoms with E-state index in [2.05, 4.69) is 34.2 Å². The molecule has 1 N–H and O–H groups in total. The van der Waals surface area contributed by atoms with Gasteiger partial charge in [-0.1, -0.05) is 0 Å². The third-order valence-electron chi connectivity index (χ3n) is 5.25. The van der Waals surface area contributed by atoms with E-state index in [0.29, 0.717) is 6.61 Å². The number of nitrogens with zero attached hydrogens (tertiary/aromatic N) is 2. The topological polar surface area (TPSA) is 55.2 Å². The minimum absolute atomic E-state index is 0.244. The molecule has 2 heterocycles. The van der Waals surface area contributed by atoms with E-state index in [0.717, 1.165) is 37.8 Å². The van der Waals surface area contributed by atoms with E-state index in [-0.39, 0.29) is 11.6 Å². The van der Waals surface area contributed by atoms with E-state index in [1.54, 1.807) is 30.0 Å². The molecule has 0 saturated carbocycles. The molecule has 0 aliphatic carbocycles. The average molecular weight is 543 g/mol. The van der Waals surface area contributed by atoms with Crippen LogP contribution in [0, 0.1) is 12.7 Å². The van der Waals surface area contributed by atoms with Gasteiger partial charge in [-0.25, -0.2) is 0 Å². The number of aromatic hydroxyl groups is 1. The second kappa shape index (κ2) is 10.5. The fraction of sp³-hybridized carbons (Fsp3) is 0.0714. The number of aryl methyl sites for hydroxylation is 1. The predicted octanol–water partition coefficient (Wildman–Crippen LogP) is 5.17. The van der Waals surface area contributed by atoms with Gasteiger partial charge < -0.3 is 0 Å². The van der Waals surface area contributed by atoms with Crippen LogP contribution in [0.5, 0.6) is 11.5 Å². The fourth-order valence-corrected chi connectivity index (χ4v) is 7.13. The van der Waals surface area contributed by atoms with Crippen molar-refractivity contribution in [2.75, 3.05) is 0 Å². The first kappa shape index (κ1) is 23.4. The number of pyridine rings is 2. The average Bonchev–Trinajstić information content (AvgIpc) is 2.85. The van der Waals surface area contributed by atoms with Crippen molar-refractivity contribution in [3.63, 3.8) is 0 Å². The Balaban J connectivity index is 1.48. The van der Waals surface area contributed by atoms with Gasteiger partial charge in [-0.2, -0.15) is 0 Å². The summed E-state index contributed by atoms with van der Waals surface area (Å²) in [5, 5.41) is 10.7. The molecule has 1 radical (unpaired) electrons. The quantitative estimate of drug-likeness (QED) is 0.287. The molecule has 0 bridgehead atoms. The third kappa shape index (κ3) is 5.84. The Morgan fingerprint density at radius 2 is 1.80 bits per heavy atom. The van der Waals surface area contributed by atoms with Gasteiger partial charge in [-0.3, -0.25) is 0 Å². The molecule has 35 heavy (non-hydrogen) atoms. The minimum atomic E-state index is -0.403. The number of halogens is 1. The molecule has 4 nitrogen and oxygen atoms in total. The van der Waals surface area contributed by atoms with E-state index in [9.17, 15) is 9.50 Å². The maximum absolute atomic E-state index is 13.6. The molecule has 3 aromatic carbocycles. The number of benzene rings is 3. The summed E-state index contributed by atoms with van der Waals surface area (Å²) in [6, 6.07) is 25.9. The normalized spacial score (nSPS) is 11.4. The van der Waals surface area contributed by atoms with Gasteiger partial charge in [0.1, 0.15) is 0 Å². The van der Waals surface area contributed by atoms with Crippen molar-refractivity contribution in [2.24, 2.45) is 0 Å². The van der Waals surface area contributed by atoms with Crippen LogP contribution in [0.25, 0.3) is 11.0 Å². The molecule has 0 atom stereocenters. The summed E-state index contributed by atoms with van der Waals surface area (Å²) < 4.78 is 22.0. The van der Waals surface area contributed by atoms with Gasteiger partial charge >= 0.3 is 214 Å². The van der Waals surface area contributed by atoms with Crippen LogP contribution >= 0.6 is 11.8 Å². The van der Waals surface area contributed by atoms with E-state index < -0.39 is 15.8 Å². The first-order valence-corrected chi connectivity index (χ1v) is 13.6. The van der Waals surface area contributed by atoms with Crippen molar-refractivity contribution in [2.45, 2.75) is 23.3 Å². The third-order valence-corrected chi connectivity index (χ3v) is 9.27. The van der Waals surface area contributed by atoms with Crippen LogP contribution in [0.4, 0.5) is 4.39 Å². The molecule has 7 heteroatoms. The molecule has 0 saturated heterocycles. The van der Waals surface area contributed by atoms with Gasteiger partial charge in [0.2, 0.25) is 0 Å². The standard InChI is InChI=1S/C28H21AsFN2O2S/c1-18-5-11-24-25(13-14-31-28(24)32-18)29-26-16-22(34-17-19-3-2-4-20(30)15-19)8-12-27(26)35-23-9-6-21(33)7-10-23/h2-16,33H,17H2,1H3. The van der Waals surface area contributed by atoms with Crippen molar-refractivity contribution >= 4 is 47.2 Å². The van der Waals surface area contributed by atoms with Crippen molar-refractivity contribution in [1.82, 2.24) is 9.97 Å². The summed E-state index contributed by atoms with van der Waals surface area (Å²) in [6.45, 7) is 2.26. The van der Waals surface area contributed by atoms with Crippen molar-refractivity contribution < 1.29 is 14.2 Å². The number of aromatic nitrogens is 2. The molecule has 173 valence electrons. The summed E-state index contributed by atoms with van der Waals surface area (Å²) in [5.74, 6) is 0.709. The zero-order chi connectivity index (χ0) is 24.2. The van der Waals surface area contributed by atoms with E-state index in [4.69, 9.17) is 4.74 Å². The van der Waals surface area contributed by atoms with Crippen molar-refractivity contribution in [1.29, 1.82) is 0 Å². The van der Waals surface area contributed by atoms with Gasteiger partial charge in [-0.05, 0) is 0 Å². The van der Waals surface area contributed by atoms with Crippen molar-refractivity contribution in [3.05, 3.63) is 108 Å². The zero-order valence-corrected chi connectivity index (χ0v) is 21.5. The van der Waals surface area contributed by atoms with Crippen LogP contribution in [0.2, 0.25) is 0 Å². The van der Waals surface area contributed by atoms with Crippen LogP contribution in [0.15, 0.2) is 101 Å². The molecule has 0 unspecified atom stereocenters. The van der Waals surface area contributed by atoms with Gasteiger partial charge in [0.05, 0.1) is 0 Å².